The summed E-state index contributed by atoms with van der Waals surface area (Å²) in [5.41, 5.74) is 2.66. The molecule has 3 rings (SSSR count). The van der Waals surface area contributed by atoms with Gasteiger partial charge in [0.2, 0.25) is 0 Å². The highest BCUT2D eigenvalue weighted by atomic mass is 32.1. The average molecular weight is 334 g/mol. The van der Waals surface area contributed by atoms with Crippen molar-refractivity contribution in [3.63, 3.8) is 0 Å². The molecule has 2 aromatic heterocycles. The molecule has 23 heavy (non-hydrogen) atoms. The van der Waals surface area contributed by atoms with Crippen LogP contribution in [0.4, 0.5) is 4.79 Å². The third-order valence-corrected chi connectivity index (χ3v) is 5.15. The van der Waals surface area contributed by atoms with Crippen LogP contribution >= 0.6 is 11.3 Å². The zero-order valence-corrected chi connectivity index (χ0v) is 14.7. The van der Waals surface area contributed by atoms with Crippen molar-refractivity contribution in [3.8, 4) is 0 Å². The third kappa shape index (κ3) is 3.55. The van der Waals surface area contributed by atoms with Gasteiger partial charge in [-0.3, -0.25) is 0 Å². The van der Waals surface area contributed by atoms with E-state index in [0.29, 0.717) is 5.92 Å². The molecule has 1 aliphatic carbocycles. The molecule has 0 aromatic carbocycles. The number of thiazole rings is 1. The molecule has 2 atom stereocenters. The lowest BCUT2D eigenvalue weighted by molar-refractivity contribution is 0.234. The Morgan fingerprint density at radius 2 is 2.00 bits per heavy atom. The molecule has 0 spiro atoms. The Morgan fingerprint density at radius 1 is 1.30 bits per heavy atom. The molecule has 1 fully saturated rings. The van der Waals surface area contributed by atoms with Crippen molar-refractivity contribution < 1.29 is 9.32 Å². The van der Waals surface area contributed by atoms with Crippen molar-refractivity contribution in [1.82, 2.24) is 20.8 Å². The van der Waals surface area contributed by atoms with E-state index in [9.17, 15) is 4.79 Å². The highest BCUT2D eigenvalue weighted by molar-refractivity contribution is 7.09. The van der Waals surface area contributed by atoms with Gasteiger partial charge in [0.15, 0.2) is 0 Å². The first-order chi connectivity index (χ1) is 11.0. The van der Waals surface area contributed by atoms with Crippen LogP contribution in [-0.2, 0) is 0 Å². The van der Waals surface area contributed by atoms with Gasteiger partial charge in [-0.2, -0.15) is 0 Å². The number of carbonyl (C=O) groups is 1. The lowest BCUT2D eigenvalue weighted by Gasteiger charge is -2.17. The molecular formula is C16H22N4O2S. The average Bonchev–Trinajstić information content (AvgIpc) is 3.11. The van der Waals surface area contributed by atoms with Crippen LogP contribution in [0.3, 0.4) is 0 Å². The summed E-state index contributed by atoms with van der Waals surface area (Å²) >= 11 is 1.69. The smallest absolute Gasteiger partial charge is 0.315 e. The molecule has 124 valence electrons. The molecule has 7 heteroatoms. The minimum Gasteiger partial charge on any atom is -0.361 e. The normalized spacial score (nSPS) is 16.9. The van der Waals surface area contributed by atoms with Crippen LogP contribution in [0, 0.1) is 13.8 Å². The summed E-state index contributed by atoms with van der Waals surface area (Å²) in [6.07, 6.45) is 2.48. The number of aryl methyl sites for hydroxylation is 2. The highest BCUT2D eigenvalue weighted by Crippen LogP contribution is 2.41. The van der Waals surface area contributed by atoms with E-state index in [0.717, 1.165) is 22.7 Å². The van der Waals surface area contributed by atoms with Gasteiger partial charge in [0, 0.05) is 16.9 Å². The summed E-state index contributed by atoms with van der Waals surface area (Å²) in [7, 11) is 0. The quantitative estimate of drug-likeness (QED) is 0.873. The fraction of sp³-hybridized carbons (Fsp3) is 0.562. The van der Waals surface area contributed by atoms with E-state index in [1.165, 1.54) is 17.8 Å². The summed E-state index contributed by atoms with van der Waals surface area (Å²) in [6, 6.07) is -0.493. The van der Waals surface area contributed by atoms with Crippen molar-refractivity contribution in [2.45, 2.75) is 58.5 Å². The van der Waals surface area contributed by atoms with E-state index in [1.54, 1.807) is 11.3 Å². The molecule has 6 nitrogen and oxygen atoms in total. The van der Waals surface area contributed by atoms with Crippen LogP contribution in [-0.4, -0.2) is 16.2 Å². The summed E-state index contributed by atoms with van der Waals surface area (Å²) in [4.78, 5) is 16.8. The van der Waals surface area contributed by atoms with Crippen LogP contribution in [0.25, 0.3) is 0 Å². The molecule has 1 aliphatic rings. The molecule has 0 aliphatic heterocycles. The Labute approximate surface area is 139 Å². The number of urea groups is 1. The van der Waals surface area contributed by atoms with Gasteiger partial charge in [0.05, 0.1) is 28.5 Å². The Balaban J connectivity index is 1.57. The maximum Gasteiger partial charge on any atom is 0.315 e. The van der Waals surface area contributed by atoms with Crippen LogP contribution in [0.1, 0.15) is 72.4 Å². The molecule has 2 heterocycles. The van der Waals surface area contributed by atoms with Crippen molar-refractivity contribution in [2.75, 3.05) is 0 Å². The van der Waals surface area contributed by atoms with Gasteiger partial charge in [-0.15, -0.1) is 11.3 Å². The molecular weight excluding hydrogens is 312 g/mol. The lowest BCUT2D eigenvalue weighted by Crippen LogP contribution is -2.38. The van der Waals surface area contributed by atoms with Crippen LogP contribution < -0.4 is 10.6 Å². The van der Waals surface area contributed by atoms with E-state index in [1.807, 2.05) is 33.1 Å². The van der Waals surface area contributed by atoms with Crippen molar-refractivity contribution in [1.29, 1.82) is 0 Å². The summed E-state index contributed by atoms with van der Waals surface area (Å²) in [6.45, 7) is 7.60. The van der Waals surface area contributed by atoms with Crippen molar-refractivity contribution in [3.05, 3.63) is 33.1 Å². The van der Waals surface area contributed by atoms with Crippen LogP contribution in [0.15, 0.2) is 9.90 Å². The maximum atomic E-state index is 12.2. The van der Waals surface area contributed by atoms with E-state index in [-0.39, 0.29) is 18.1 Å². The molecule has 2 amide bonds. The van der Waals surface area contributed by atoms with Crippen LogP contribution in [0.5, 0.6) is 0 Å². The number of nitrogens with one attached hydrogen (secondary N) is 2. The second-order valence-electron chi connectivity index (χ2n) is 6.18. The topological polar surface area (TPSA) is 80.0 Å². The number of carbonyl (C=O) groups excluding carboxylic acids is 1. The summed E-state index contributed by atoms with van der Waals surface area (Å²) in [5.74, 6) is 1.38. The van der Waals surface area contributed by atoms with Gasteiger partial charge in [0.25, 0.3) is 0 Å². The van der Waals surface area contributed by atoms with Crippen molar-refractivity contribution in [2.24, 2.45) is 0 Å². The number of rotatable bonds is 5. The number of hydrogen-bond donors (Lipinski definition) is 2. The van der Waals surface area contributed by atoms with Crippen molar-refractivity contribution >= 4 is 17.4 Å². The zero-order valence-electron chi connectivity index (χ0n) is 13.8. The standard InChI is InChI=1S/C16H22N4O2S/c1-8(13-7-23-15(19-13)12-5-6-12)17-16(21)18-9(2)14-10(3)20-22-11(14)4/h7-9,12H,5-6H2,1-4H3,(H2,17,18,21)/t8-,9+/m0/s1. The van der Waals surface area contributed by atoms with Gasteiger partial charge in [-0.25, -0.2) is 9.78 Å². The Hall–Kier alpha value is -1.89. The number of nitrogens with zero attached hydrogens (tertiary/aromatic N) is 2. The zero-order chi connectivity index (χ0) is 16.6. The minimum atomic E-state index is -0.217. The predicted octanol–water partition coefficient (Wildman–Crippen LogP) is 3.75. The third-order valence-electron chi connectivity index (χ3n) is 4.13. The largest absolute Gasteiger partial charge is 0.361 e. The lowest BCUT2D eigenvalue weighted by atomic mass is 10.1. The monoisotopic (exact) mass is 334 g/mol. The maximum absolute atomic E-state index is 12.2. The van der Waals surface area contributed by atoms with Gasteiger partial charge < -0.3 is 15.2 Å². The molecule has 0 radical (unpaired) electrons. The molecule has 2 aromatic rings. The van der Waals surface area contributed by atoms with E-state index >= 15 is 0 Å². The summed E-state index contributed by atoms with van der Waals surface area (Å²) < 4.78 is 5.15. The highest BCUT2D eigenvalue weighted by Gasteiger charge is 2.27. The van der Waals surface area contributed by atoms with Gasteiger partial charge in [-0.05, 0) is 40.5 Å². The fourth-order valence-corrected chi connectivity index (χ4v) is 3.79. The molecule has 0 unspecified atom stereocenters. The second kappa shape index (κ2) is 6.31. The Morgan fingerprint density at radius 3 is 2.61 bits per heavy atom. The first-order valence-corrected chi connectivity index (χ1v) is 8.78. The van der Waals surface area contributed by atoms with E-state index in [2.05, 4.69) is 20.8 Å². The van der Waals surface area contributed by atoms with Gasteiger partial charge >= 0.3 is 6.03 Å². The first-order valence-electron chi connectivity index (χ1n) is 7.90. The predicted molar refractivity (Wildman–Crippen MR) is 88.6 cm³/mol. The van der Waals surface area contributed by atoms with Crippen LogP contribution in [0.2, 0.25) is 0 Å². The van der Waals surface area contributed by atoms with Gasteiger partial charge in [-0.1, -0.05) is 5.16 Å². The SMILES string of the molecule is Cc1noc(C)c1[C@@H](C)NC(=O)N[C@@H](C)c1csc(C2CC2)n1. The summed E-state index contributed by atoms with van der Waals surface area (Å²) in [5, 5.41) is 13.0. The molecule has 0 bridgehead atoms. The Bertz CT molecular complexity index is 685. The first kappa shape index (κ1) is 16.0. The number of aromatic nitrogens is 2. The number of amides is 2. The molecule has 1 saturated carbocycles. The molecule has 0 saturated heterocycles. The Kier molecular flexibility index (Phi) is 4.39. The second-order valence-corrected chi connectivity index (χ2v) is 7.07. The fourth-order valence-electron chi connectivity index (χ4n) is 2.71. The molecule has 2 N–H and O–H groups in total. The number of hydrogen-bond acceptors (Lipinski definition) is 5. The van der Waals surface area contributed by atoms with E-state index in [4.69, 9.17) is 4.52 Å². The van der Waals surface area contributed by atoms with E-state index < -0.39 is 0 Å². The van der Waals surface area contributed by atoms with Gasteiger partial charge in [0.1, 0.15) is 5.76 Å². The minimum absolute atomic E-state index is 0.115.